The van der Waals surface area contributed by atoms with Crippen LogP contribution in [0, 0.1) is 0 Å². The molecule has 0 saturated heterocycles. The Bertz CT molecular complexity index is 705. The van der Waals surface area contributed by atoms with E-state index < -0.39 is 0 Å². The highest BCUT2D eigenvalue weighted by molar-refractivity contribution is 7.98. The van der Waals surface area contributed by atoms with Crippen molar-refractivity contribution in [1.82, 2.24) is 4.98 Å². The number of thiazole rings is 1. The number of hydrogen-bond donors (Lipinski definition) is 1. The number of nitrogens with zero attached hydrogens (tertiary/aromatic N) is 1. The predicted octanol–water partition coefficient (Wildman–Crippen LogP) is 4.81. The van der Waals surface area contributed by atoms with Crippen LogP contribution in [0.1, 0.15) is 29.1 Å². The lowest BCUT2D eigenvalue weighted by atomic mass is 10.2. The Morgan fingerprint density at radius 2 is 2.20 bits per heavy atom. The number of methoxy groups -OCH3 is 1. The van der Waals surface area contributed by atoms with Crippen LogP contribution in [0.3, 0.4) is 0 Å². The Morgan fingerprint density at radius 3 is 3.04 bits per heavy atom. The van der Waals surface area contributed by atoms with Crippen molar-refractivity contribution in [3.05, 3.63) is 34.5 Å². The lowest BCUT2D eigenvalue weighted by Crippen LogP contribution is -2.01. The molecular weight excluding hydrogens is 352 g/mol. The summed E-state index contributed by atoms with van der Waals surface area (Å²) < 4.78 is 11.2. The number of aromatic nitrogens is 1. The van der Waals surface area contributed by atoms with Crippen LogP contribution >= 0.6 is 23.1 Å². The summed E-state index contributed by atoms with van der Waals surface area (Å²) >= 11 is 3.50. The number of nitrogens with one attached hydrogen (secondary N) is 1. The minimum Gasteiger partial charge on any atom is -0.493 e. The molecule has 0 saturated carbocycles. The zero-order valence-electron chi connectivity index (χ0n) is 14.7. The van der Waals surface area contributed by atoms with Crippen LogP contribution in [0.15, 0.2) is 18.2 Å². The predicted molar refractivity (Wildman–Crippen MR) is 109 cm³/mol. The molecule has 25 heavy (non-hydrogen) atoms. The maximum atomic E-state index is 5.84. The van der Waals surface area contributed by atoms with Crippen molar-refractivity contribution >= 4 is 40.3 Å². The molecule has 2 aromatic rings. The molecule has 6 heteroatoms. The first kappa shape index (κ1) is 18.1. The number of benzene rings is 1. The lowest BCUT2D eigenvalue weighted by Gasteiger charge is -2.10. The van der Waals surface area contributed by atoms with Gasteiger partial charge in [0.1, 0.15) is 10.0 Å². The van der Waals surface area contributed by atoms with Gasteiger partial charge in [-0.3, -0.25) is 0 Å². The molecule has 1 aliphatic rings. The average molecular weight is 377 g/mol. The molecule has 134 valence electrons. The number of hydrogen-bond acceptors (Lipinski definition) is 6. The number of ether oxygens (including phenoxy) is 2. The van der Waals surface area contributed by atoms with Gasteiger partial charge < -0.3 is 14.8 Å². The second kappa shape index (κ2) is 9.15. The van der Waals surface area contributed by atoms with Crippen molar-refractivity contribution in [2.24, 2.45) is 0 Å². The van der Waals surface area contributed by atoms with Gasteiger partial charge in [0.05, 0.1) is 19.4 Å². The van der Waals surface area contributed by atoms with Crippen molar-refractivity contribution in [3.8, 4) is 11.5 Å². The third-order valence-corrected chi connectivity index (χ3v) is 5.59. The quantitative estimate of drug-likeness (QED) is 0.702. The van der Waals surface area contributed by atoms with E-state index in [9.17, 15) is 0 Å². The number of aryl methyl sites for hydroxylation is 1. The SMILES string of the molecule is COc1ccc(/C=C/c2nc3c(s2)NCCCC3)cc1OCCSC. The van der Waals surface area contributed by atoms with Gasteiger partial charge in [-0.15, -0.1) is 0 Å². The second-order valence-corrected chi connectivity index (χ2v) is 7.81. The molecule has 1 aromatic heterocycles. The van der Waals surface area contributed by atoms with E-state index in [1.54, 1.807) is 30.2 Å². The van der Waals surface area contributed by atoms with Crippen molar-refractivity contribution in [3.63, 3.8) is 0 Å². The van der Waals surface area contributed by atoms with Crippen LogP contribution in [-0.2, 0) is 6.42 Å². The highest BCUT2D eigenvalue weighted by Gasteiger charge is 2.12. The molecular formula is C19H24N2O2S2. The van der Waals surface area contributed by atoms with Gasteiger partial charge >= 0.3 is 0 Å². The molecule has 0 bridgehead atoms. The average Bonchev–Trinajstić information content (AvgIpc) is 2.89. The van der Waals surface area contributed by atoms with E-state index in [2.05, 4.69) is 23.7 Å². The zero-order chi connectivity index (χ0) is 17.5. The van der Waals surface area contributed by atoms with Crippen LogP contribution < -0.4 is 14.8 Å². The summed E-state index contributed by atoms with van der Waals surface area (Å²) in [6, 6.07) is 6.01. The van der Waals surface area contributed by atoms with Crippen LogP contribution in [0.25, 0.3) is 12.2 Å². The molecule has 2 heterocycles. The minimum absolute atomic E-state index is 0.676. The van der Waals surface area contributed by atoms with Gasteiger partial charge in [0.15, 0.2) is 11.5 Å². The molecule has 0 fully saturated rings. The molecule has 0 unspecified atom stereocenters. The molecule has 1 aliphatic heterocycles. The van der Waals surface area contributed by atoms with E-state index in [4.69, 9.17) is 14.5 Å². The van der Waals surface area contributed by atoms with E-state index in [1.807, 2.05) is 18.2 Å². The fourth-order valence-corrected chi connectivity index (χ4v) is 3.87. The lowest BCUT2D eigenvalue weighted by molar-refractivity contribution is 0.313. The third kappa shape index (κ3) is 4.92. The Hall–Kier alpha value is -1.66. The van der Waals surface area contributed by atoms with Gasteiger partial charge in [-0.05, 0) is 49.3 Å². The number of fused-ring (bicyclic) bond motifs is 1. The van der Waals surface area contributed by atoms with E-state index in [1.165, 1.54) is 23.5 Å². The van der Waals surface area contributed by atoms with Crippen LogP contribution in [0.4, 0.5) is 5.00 Å². The molecule has 0 atom stereocenters. The van der Waals surface area contributed by atoms with E-state index in [0.29, 0.717) is 6.61 Å². The molecule has 0 amide bonds. The van der Waals surface area contributed by atoms with E-state index in [-0.39, 0.29) is 0 Å². The van der Waals surface area contributed by atoms with Gasteiger partial charge in [-0.25, -0.2) is 4.98 Å². The maximum Gasteiger partial charge on any atom is 0.161 e. The van der Waals surface area contributed by atoms with E-state index in [0.717, 1.165) is 40.8 Å². The summed E-state index contributed by atoms with van der Waals surface area (Å²) in [6.07, 6.45) is 9.74. The summed E-state index contributed by atoms with van der Waals surface area (Å²) in [5.74, 6) is 2.51. The van der Waals surface area contributed by atoms with Gasteiger partial charge in [0.2, 0.25) is 0 Å². The molecule has 0 spiro atoms. The van der Waals surface area contributed by atoms with Gasteiger partial charge in [-0.1, -0.05) is 23.5 Å². The highest BCUT2D eigenvalue weighted by Crippen LogP contribution is 2.31. The molecule has 1 N–H and O–H groups in total. The fraction of sp³-hybridized carbons (Fsp3) is 0.421. The van der Waals surface area contributed by atoms with Crippen LogP contribution in [0.2, 0.25) is 0 Å². The minimum atomic E-state index is 0.676. The molecule has 3 rings (SSSR count). The maximum absolute atomic E-state index is 5.84. The zero-order valence-corrected chi connectivity index (χ0v) is 16.3. The first-order valence-electron chi connectivity index (χ1n) is 8.51. The molecule has 4 nitrogen and oxygen atoms in total. The summed E-state index contributed by atoms with van der Waals surface area (Å²) in [5, 5.41) is 5.75. The van der Waals surface area contributed by atoms with Gasteiger partial charge in [0, 0.05) is 12.3 Å². The number of rotatable bonds is 7. The number of anilines is 1. The summed E-state index contributed by atoms with van der Waals surface area (Å²) in [7, 11) is 1.67. The van der Waals surface area contributed by atoms with Gasteiger partial charge in [-0.2, -0.15) is 11.8 Å². The van der Waals surface area contributed by atoms with Crippen molar-refractivity contribution in [2.45, 2.75) is 19.3 Å². The largest absolute Gasteiger partial charge is 0.493 e. The van der Waals surface area contributed by atoms with Crippen LogP contribution in [-0.4, -0.2) is 37.3 Å². The van der Waals surface area contributed by atoms with Crippen molar-refractivity contribution in [1.29, 1.82) is 0 Å². The first-order chi connectivity index (χ1) is 12.3. The van der Waals surface area contributed by atoms with Crippen LogP contribution in [0.5, 0.6) is 11.5 Å². The molecule has 0 radical (unpaired) electrons. The normalized spacial score (nSPS) is 14.0. The van der Waals surface area contributed by atoms with E-state index >= 15 is 0 Å². The summed E-state index contributed by atoms with van der Waals surface area (Å²) in [6.45, 7) is 1.73. The highest BCUT2D eigenvalue weighted by atomic mass is 32.2. The Labute approximate surface area is 157 Å². The topological polar surface area (TPSA) is 43.4 Å². The molecule has 0 aliphatic carbocycles. The second-order valence-electron chi connectivity index (χ2n) is 5.80. The summed E-state index contributed by atoms with van der Waals surface area (Å²) in [5.41, 5.74) is 2.29. The monoisotopic (exact) mass is 376 g/mol. The fourth-order valence-electron chi connectivity index (χ4n) is 2.68. The Morgan fingerprint density at radius 1 is 1.28 bits per heavy atom. The number of thioether (sulfide) groups is 1. The molecule has 1 aromatic carbocycles. The summed E-state index contributed by atoms with van der Waals surface area (Å²) in [4.78, 5) is 4.75. The van der Waals surface area contributed by atoms with Crippen molar-refractivity contribution < 1.29 is 9.47 Å². The third-order valence-electron chi connectivity index (χ3n) is 3.99. The first-order valence-corrected chi connectivity index (χ1v) is 10.7. The van der Waals surface area contributed by atoms with Gasteiger partial charge in [0.25, 0.3) is 0 Å². The Balaban J connectivity index is 1.73. The van der Waals surface area contributed by atoms with Crippen molar-refractivity contribution in [2.75, 3.05) is 37.6 Å². The smallest absolute Gasteiger partial charge is 0.161 e. The Kier molecular flexibility index (Phi) is 6.64. The standard InChI is InChI=1S/C19H24N2O2S2/c1-22-16-8-6-14(13-17(16)23-11-12-24-2)7-9-18-21-15-5-3-4-10-20-19(15)25-18/h6-9,13,20H,3-5,10-12H2,1-2H3/b9-7+.